The maximum Gasteiger partial charge on any atom is 0.243 e. The van der Waals surface area contributed by atoms with Gasteiger partial charge in [-0.15, -0.1) is 0 Å². The van der Waals surface area contributed by atoms with Gasteiger partial charge in [-0.3, -0.25) is 0 Å². The number of hydrogen-bond donors (Lipinski definition) is 1. The lowest BCUT2D eigenvalue weighted by atomic mass is 10.3. The topological polar surface area (TPSA) is 49.4 Å². The monoisotopic (exact) mass is 276 g/mol. The van der Waals surface area contributed by atoms with Crippen molar-refractivity contribution in [3.8, 4) is 0 Å². The Bertz CT molecular complexity index is 548. The van der Waals surface area contributed by atoms with E-state index in [1.165, 1.54) is 4.31 Å². The van der Waals surface area contributed by atoms with Gasteiger partial charge in [0.2, 0.25) is 10.0 Å². The van der Waals surface area contributed by atoms with E-state index in [2.05, 4.69) is 5.32 Å². The minimum atomic E-state index is -3.75. The smallest absolute Gasteiger partial charge is 0.243 e. The standard InChI is InChI=1S/C11H14F2N2O2S/c1-8-7-15(5-4-14-8)18(16,17)9-2-3-10(12)11(13)6-9/h2-3,6,8,14H,4-5,7H2,1H3/t8-/m0/s1. The number of nitrogens with zero attached hydrogens (tertiary/aromatic N) is 1. The molecule has 4 nitrogen and oxygen atoms in total. The van der Waals surface area contributed by atoms with Crippen LogP contribution in [0.25, 0.3) is 0 Å². The van der Waals surface area contributed by atoms with Gasteiger partial charge in [0.15, 0.2) is 11.6 Å². The molecule has 0 unspecified atom stereocenters. The van der Waals surface area contributed by atoms with Crippen molar-refractivity contribution >= 4 is 10.0 Å². The van der Waals surface area contributed by atoms with E-state index >= 15 is 0 Å². The van der Waals surface area contributed by atoms with Gasteiger partial charge < -0.3 is 5.32 Å². The molecule has 0 amide bonds. The second-order valence-corrected chi connectivity index (χ2v) is 6.23. The summed E-state index contributed by atoms with van der Waals surface area (Å²) in [5, 5.41) is 3.12. The molecule has 18 heavy (non-hydrogen) atoms. The SMILES string of the molecule is C[C@H]1CN(S(=O)(=O)c2ccc(F)c(F)c2)CCN1. The van der Waals surface area contributed by atoms with E-state index in [1.807, 2.05) is 6.92 Å². The van der Waals surface area contributed by atoms with Crippen LogP contribution < -0.4 is 5.32 Å². The van der Waals surface area contributed by atoms with Gasteiger partial charge >= 0.3 is 0 Å². The van der Waals surface area contributed by atoms with E-state index in [1.54, 1.807) is 0 Å². The molecule has 1 atom stereocenters. The fraction of sp³-hybridized carbons (Fsp3) is 0.455. The van der Waals surface area contributed by atoms with Gasteiger partial charge in [-0.05, 0) is 25.1 Å². The molecule has 100 valence electrons. The van der Waals surface area contributed by atoms with Gasteiger partial charge in [-0.1, -0.05) is 0 Å². The van der Waals surface area contributed by atoms with Crippen molar-refractivity contribution in [3.05, 3.63) is 29.8 Å². The number of nitrogens with one attached hydrogen (secondary N) is 1. The summed E-state index contributed by atoms with van der Waals surface area (Å²) < 4.78 is 51.6. The first kappa shape index (κ1) is 13.4. The minimum Gasteiger partial charge on any atom is -0.312 e. The van der Waals surface area contributed by atoms with Crippen LogP contribution in [0.5, 0.6) is 0 Å². The highest BCUT2D eigenvalue weighted by Gasteiger charge is 2.28. The van der Waals surface area contributed by atoms with Gasteiger partial charge in [0, 0.05) is 25.7 Å². The number of piperazine rings is 1. The molecule has 1 fully saturated rings. The molecule has 0 saturated carbocycles. The highest BCUT2D eigenvalue weighted by Crippen LogP contribution is 2.19. The Balaban J connectivity index is 2.32. The minimum absolute atomic E-state index is 0.0406. The number of sulfonamides is 1. The number of benzene rings is 1. The van der Waals surface area contributed by atoms with Crippen LogP contribution in [-0.4, -0.2) is 38.4 Å². The highest BCUT2D eigenvalue weighted by molar-refractivity contribution is 7.89. The second-order valence-electron chi connectivity index (χ2n) is 4.29. The Morgan fingerprint density at radius 2 is 2.06 bits per heavy atom. The number of hydrogen-bond acceptors (Lipinski definition) is 3. The predicted octanol–water partition coefficient (Wildman–Crippen LogP) is 0.947. The van der Waals surface area contributed by atoms with Crippen molar-refractivity contribution in [2.24, 2.45) is 0 Å². The van der Waals surface area contributed by atoms with Gasteiger partial charge in [-0.2, -0.15) is 4.31 Å². The molecular weight excluding hydrogens is 262 g/mol. The Morgan fingerprint density at radius 3 is 2.67 bits per heavy atom. The summed E-state index contributed by atoms with van der Waals surface area (Å²) in [6.07, 6.45) is 0. The van der Waals surface area contributed by atoms with Crippen LogP contribution in [0.4, 0.5) is 8.78 Å². The van der Waals surface area contributed by atoms with Gasteiger partial charge in [0.1, 0.15) is 0 Å². The van der Waals surface area contributed by atoms with Crippen molar-refractivity contribution in [2.75, 3.05) is 19.6 Å². The Labute approximate surface area is 105 Å². The largest absolute Gasteiger partial charge is 0.312 e. The molecule has 1 saturated heterocycles. The van der Waals surface area contributed by atoms with Crippen LogP contribution in [0.1, 0.15) is 6.92 Å². The first-order valence-corrected chi connectivity index (χ1v) is 7.04. The summed E-state index contributed by atoms with van der Waals surface area (Å²) in [5.41, 5.74) is 0. The van der Waals surface area contributed by atoms with E-state index in [0.717, 1.165) is 18.2 Å². The maximum absolute atomic E-state index is 13.1. The maximum atomic E-state index is 13.1. The van der Waals surface area contributed by atoms with Crippen molar-refractivity contribution in [2.45, 2.75) is 17.9 Å². The van der Waals surface area contributed by atoms with Gasteiger partial charge in [0.25, 0.3) is 0 Å². The van der Waals surface area contributed by atoms with E-state index < -0.39 is 21.7 Å². The van der Waals surface area contributed by atoms with Crippen LogP contribution in [0.3, 0.4) is 0 Å². The molecule has 0 bridgehead atoms. The zero-order valence-electron chi connectivity index (χ0n) is 9.86. The lowest BCUT2D eigenvalue weighted by Crippen LogP contribution is -2.51. The van der Waals surface area contributed by atoms with Crippen LogP contribution >= 0.6 is 0 Å². The van der Waals surface area contributed by atoms with Crippen molar-refractivity contribution in [1.82, 2.24) is 9.62 Å². The van der Waals surface area contributed by atoms with Crippen LogP contribution in [-0.2, 0) is 10.0 Å². The summed E-state index contributed by atoms with van der Waals surface area (Å²) in [4.78, 5) is -0.212. The quantitative estimate of drug-likeness (QED) is 0.875. The molecule has 1 aromatic rings. The summed E-state index contributed by atoms with van der Waals surface area (Å²) >= 11 is 0. The molecule has 0 radical (unpaired) electrons. The third kappa shape index (κ3) is 2.52. The Morgan fingerprint density at radius 1 is 1.33 bits per heavy atom. The zero-order valence-corrected chi connectivity index (χ0v) is 10.7. The zero-order chi connectivity index (χ0) is 13.3. The van der Waals surface area contributed by atoms with Crippen molar-refractivity contribution in [3.63, 3.8) is 0 Å². The first-order chi connectivity index (χ1) is 8.41. The van der Waals surface area contributed by atoms with E-state index in [9.17, 15) is 17.2 Å². The number of halogens is 2. The van der Waals surface area contributed by atoms with E-state index in [0.29, 0.717) is 19.6 Å². The lowest BCUT2D eigenvalue weighted by molar-refractivity contribution is 0.310. The fourth-order valence-corrected chi connectivity index (χ4v) is 3.44. The molecule has 2 rings (SSSR count). The molecular formula is C11H14F2N2O2S. The Kier molecular flexibility index (Phi) is 3.65. The van der Waals surface area contributed by atoms with Crippen LogP contribution in [0, 0.1) is 11.6 Å². The molecule has 1 aliphatic heterocycles. The molecule has 1 aromatic carbocycles. The Hall–Kier alpha value is -1.05. The average molecular weight is 276 g/mol. The number of rotatable bonds is 2. The molecule has 7 heteroatoms. The fourth-order valence-electron chi connectivity index (χ4n) is 1.90. The van der Waals surface area contributed by atoms with Gasteiger partial charge in [-0.25, -0.2) is 17.2 Å². The summed E-state index contributed by atoms with van der Waals surface area (Å²) in [7, 11) is -3.75. The third-order valence-electron chi connectivity index (χ3n) is 2.86. The molecule has 1 heterocycles. The normalized spacial score (nSPS) is 22.1. The first-order valence-electron chi connectivity index (χ1n) is 5.60. The van der Waals surface area contributed by atoms with Crippen molar-refractivity contribution in [1.29, 1.82) is 0 Å². The molecule has 0 spiro atoms. The van der Waals surface area contributed by atoms with E-state index in [-0.39, 0.29) is 10.9 Å². The van der Waals surface area contributed by atoms with Crippen molar-refractivity contribution < 1.29 is 17.2 Å². The summed E-state index contributed by atoms with van der Waals surface area (Å²) in [6, 6.07) is 2.67. The van der Waals surface area contributed by atoms with E-state index in [4.69, 9.17) is 0 Å². The van der Waals surface area contributed by atoms with Crippen LogP contribution in [0.15, 0.2) is 23.1 Å². The third-order valence-corrected chi connectivity index (χ3v) is 4.72. The summed E-state index contributed by atoms with van der Waals surface area (Å²) in [5.74, 6) is -2.21. The molecule has 1 aliphatic rings. The molecule has 0 aromatic heterocycles. The molecule has 0 aliphatic carbocycles. The molecule has 1 N–H and O–H groups in total. The lowest BCUT2D eigenvalue weighted by Gasteiger charge is -2.30. The second kappa shape index (κ2) is 4.91. The highest BCUT2D eigenvalue weighted by atomic mass is 32.2. The summed E-state index contributed by atoms with van der Waals surface area (Å²) in [6.45, 7) is 3.06. The predicted molar refractivity (Wildman–Crippen MR) is 62.6 cm³/mol. The average Bonchev–Trinajstić information content (AvgIpc) is 2.32. The van der Waals surface area contributed by atoms with Crippen LogP contribution in [0.2, 0.25) is 0 Å². The van der Waals surface area contributed by atoms with Gasteiger partial charge in [0.05, 0.1) is 4.90 Å².